The predicted octanol–water partition coefficient (Wildman–Crippen LogP) is 1.37. The first kappa shape index (κ1) is 18.1. The zero-order chi connectivity index (χ0) is 16.5. The van der Waals surface area contributed by atoms with Gasteiger partial charge in [-0.3, -0.25) is 4.79 Å². The van der Waals surface area contributed by atoms with E-state index in [9.17, 15) is 4.79 Å². The summed E-state index contributed by atoms with van der Waals surface area (Å²) < 4.78 is 15.8. The maximum Gasteiger partial charge on any atom is 0.224 e. The van der Waals surface area contributed by atoms with Gasteiger partial charge in [-0.2, -0.15) is 0 Å². The summed E-state index contributed by atoms with van der Waals surface area (Å²) in [7, 11) is 4.66. The number of hydrogen-bond donors (Lipinski definition) is 2. The number of carbonyl (C=O) groups excluding carboxylic acids is 1. The van der Waals surface area contributed by atoms with Crippen LogP contribution in [-0.4, -0.2) is 46.4 Å². The van der Waals surface area contributed by atoms with Crippen molar-refractivity contribution in [1.82, 2.24) is 10.6 Å². The summed E-state index contributed by atoms with van der Waals surface area (Å²) in [5.41, 5.74) is 0.808. The van der Waals surface area contributed by atoms with Crippen LogP contribution >= 0.6 is 0 Å². The van der Waals surface area contributed by atoms with Crippen LogP contribution in [0.4, 0.5) is 0 Å². The number of rotatable bonds is 9. The Bertz CT molecular complexity index is 466. The summed E-state index contributed by atoms with van der Waals surface area (Å²) >= 11 is 0. The van der Waals surface area contributed by atoms with Gasteiger partial charge in [-0.15, -0.1) is 0 Å². The van der Waals surface area contributed by atoms with Gasteiger partial charge in [-0.05, 0) is 31.2 Å². The average Bonchev–Trinajstić information content (AvgIpc) is 2.52. The standard InChI is InChI=1S/C16H26N2O4/c1-6-17-11(2)10-18-15(19)9-12-7-13(20-3)16(22-5)14(8-12)21-4/h7-8,11,17H,6,9-10H2,1-5H3,(H,18,19)/t11-/m1/s1. The average molecular weight is 310 g/mol. The molecular formula is C16H26N2O4. The molecule has 0 aliphatic carbocycles. The van der Waals surface area contributed by atoms with E-state index < -0.39 is 0 Å². The minimum absolute atomic E-state index is 0.0426. The normalized spacial score (nSPS) is 11.7. The highest BCUT2D eigenvalue weighted by Gasteiger charge is 2.15. The maximum atomic E-state index is 12.0. The Morgan fingerprint density at radius 2 is 1.73 bits per heavy atom. The van der Waals surface area contributed by atoms with E-state index in [1.807, 2.05) is 13.8 Å². The minimum atomic E-state index is -0.0426. The summed E-state index contributed by atoms with van der Waals surface area (Å²) in [6, 6.07) is 3.82. The van der Waals surface area contributed by atoms with Crippen molar-refractivity contribution in [2.24, 2.45) is 0 Å². The van der Waals surface area contributed by atoms with Crippen LogP contribution in [0.1, 0.15) is 19.4 Å². The van der Waals surface area contributed by atoms with Crippen LogP contribution in [0.25, 0.3) is 0 Å². The molecule has 0 saturated heterocycles. The number of carbonyl (C=O) groups is 1. The molecule has 0 heterocycles. The molecule has 22 heavy (non-hydrogen) atoms. The lowest BCUT2D eigenvalue weighted by atomic mass is 10.1. The second kappa shape index (κ2) is 9.15. The number of benzene rings is 1. The van der Waals surface area contributed by atoms with E-state index in [1.165, 1.54) is 0 Å². The summed E-state index contributed by atoms with van der Waals surface area (Å²) in [5, 5.41) is 6.15. The number of ether oxygens (including phenoxy) is 3. The lowest BCUT2D eigenvalue weighted by molar-refractivity contribution is -0.120. The predicted molar refractivity (Wildman–Crippen MR) is 86.0 cm³/mol. The first-order valence-electron chi connectivity index (χ1n) is 7.34. The molecule has 6 nitrogen and oxygen atoms in total. The van der Waals surface area contributed by atoms with E-state index in [4.69, 9.17) is 14.2 Å². The molecule has 124 valence electrons. The second-order valence-electron chi connectivity index (χ2n) is 4.97. The topological polar surface area (TPSA) is 68.8 Å². The zero-order valence-electron chi connectivity index (χ0n) is 14.0. The summed E-state index contributed by atoms with van der Waals surface area (Å²) in [6.07, 6.45) is 0.259. The highest BCUT2D eigenvalue weighted by atomic mass is 16.5. The van der Waals surface area contributed by atoms with Gasteiger partial charge in [0.2, 0.25) is 11.7 Å². The van der Waals surface area contributed by atoms with Crippen molar-refractivity contribution < 1.29 is 19.0 Å². The first-order chi connectivity index (χ1) is 10.5. The maximum absolute atomic E-state index is 12.0. The molecule has 0 bridgehead atoms. The molecule has 0 aliphatic rings. The second-order valence-corrected chi connectivity index (χ2v) is 4.97. The van der Waals surface area contributed by atoms with Gasteiger partial charge in [0.1, 0.15) is 0 Å². The van der Waals surface area contributed by atoms with Gasteiger partial charge in [0, 0.05) is 12.6 Å². The third-order valence-corrected chi connectivity index (χ3v) is 3.25. The Kier molecular flexibility index (Phi) is 7.52. The molecule has 0 fully saturated rings. The van der Waals surface area contributed by atoms with Crippen molar-refractivity contribution in [2.75, 3.05) is 34.4 Å². The van der Waals surface area contributed by atoms with Crippen LogP contribution in [0.2, 0.25) is 0 Å². The van der Waals surface area contributed by atoms with Gasteiger partial charge in [-0.25, -0.2) is 0 Å². The van der Waals surface area contributed by atoms with Crippen LogP contribution < -0.4 is 24.8 Å². The number of hydrogen-bond acceptors (Lipinski definition) is 5. The largest absolute Gasteiger partial charge is 0.493 e. The molecule has 2 N–H and O–H groups in total. The fourth-order valence-electron chi connectivity index (χ4n) is 2.17. The fraction of sp³-hybridized carbons (Fsp3) is 0.562. The van der Waals surface area contributed by atoms with Crippen molar-refractivity contribution in [3.8, 4) is 17.2 Å². The first-order valence-corrected chi connectivity index (χ1v) is 7.34. The van der Waals surface area contributed by atoms with Gasteiger partial charge < -0.3 is 24.8 Å². The van der Waals surface area contributed by atoms with Crippen LogP contribution in [0, 0.1) is 0 Å². The van der Waals surface area contributed by atoms with Crippen LogP contribution in [0.3, 0.4) is 0 Å². The molecule has 0 aromatic heterocycles. The van der Waals surface area contributed by atoms with Gasteiger partial charge >= 0.3 is 0 Å². The number of amides is 1. The summed E-state index contributed by atoms with van der Waals surface area (Å²) in [5.74, 6) is 1.57. The third-order valence-electron chi connectivity index (χ3n) is 3.25. The Labute approximate surface area is 132 Å². The van der Waals surface area contributed by atoms with Crippen LogP contribution in [0.5, 0.6) is 17.2 Å². The number of methoxy groups -OCH3 is 3. The smallest absolute Gasteiger partial charge is 0.224 e. The van der Waals surface area contributed by atoms with Crippen LogP contribution in [-0.2, 0) is 11.2 Å². The fourth-order valence-corrected chi connectivity index (χ4v) is 2.17. The van der Waals surface area contributed by atoms with Crippen molar-refractivity contribution in [1.29, 1.82) is 0 Å². The quantitative estimate of drug-likeness (QED) is 0.721. The van der Waals surface area contributed by atoms with Crippen molar-refractivity contribution in [3.05, 3.63) is 17.7 Å². The lowest BCUT2D eigenvalue weighted by Crippen LogP contribution is -2.39. The molecule has 0 unspecified atom stereocenters. The van der Waals surface area contributed by atoms with Gasteiger partial charge in [-0.1, -0.05) is 6.92 Å². The minimum Gasteiger partial charge on any atom is -0.493 e. The molecule has 1 atom stereocenters. The van der Waals surface area contributed by atoms with Gasteiger partial charge in [0.15, 0.2) is 11.5 Å². The number of nitrogens with one attached hydrogen (secondary N) is 2. The molecule has 1 rings (SSSR count). The van der Waals surface area contributed by atoms with E-state index in [-0.39, 0.29) is 18.4 Å². The molecule has 1 aromatic rings. The van der Waals surface area contributed by atoms with E-state index in [0.717, 1.165) is 12.1 Å². The lowest BCUT2D eigenvalue weighted by Gasteiger charge is -2.15. The molecule has 0 spiro atoms. The molecule has 1 aromatic carbocycles. The Morgan fingerprint density at radius 3 is 2.18 bits per heavy atom. The summed E-state index contributed by atoms with van der Waals surface area (Å²) in [6.45, 7) is 5.54. The summed E-state index contributed by atoms with van der Waals surface area (Å²) in [4.78, 5) is 12.0. The molecule has 0 aliphatic heterocycles. The highest BCUT2D eigenvalue weighted by Crippen LogP contribution is 2.38. The van der Waals surface area contributed by atoms with E-state index in [2.05, 4.69) is 10.6 Å². The monoisotopic (exact) mass is 310 g/mol. The van der Waals surface area contributed by atoms with Crippen molar-refractivity contribution in [2.45, 2.75) is 26.3 Å². The Morgan fingerprint density at radius 1 is 1.14 bits per heavy atom. The zero-order valence-corrected chi connectivity index (χ0v) is 14.0. The van der Waals surface area contributed by atoms with E-state index in [1.54, 1.807) is 33.5 Å². The Hall–Kier alpha value is -1.95. The van der Waals surface area contributed by atoms with E-state index in [0.29, 0.717) is 23.8 Å². The van der Waals surface area contributed by atoms with Crippen LogP contribution in [0.15, 0.2) is 12.1 Å². The molecule has 1 amide bonds. The Balaban J connectivity index is 2.74. The van der Waals surface area contributed by atoms with Crippen molar-refractivity contribution >= 4 is 5.91 Å². The van der Waals surface area contributed by atoms with E-state index >= 15 is 0 Å². The molecule has 0 saturated carbocycles. The third kappa shape index (κ3) is 5.11. The van der Waals surface area contributed by atoms with Crippen molar-refractivity contribution in [3.63, 3.8) is 0 Å². The highest BCUT2D eigenvalue weighted by molar-refractivity contribution is 5.79. The van der Waals surface area contributed by atoms with Gasteiger partial charge in [0.05, 0.1) is 27.8 Å². The van der Waals surface area contributed by atoms with Gasteiger partial charge in [0.25, 0.3) is 0 Å². The molecular weight excluding hydrogens is 284 g/mol. The SMILES string of the molecule is CCN[C@H](C)CNC(=O)Cc1cc(OC)c(OC)c(OC)c1. The number of likely N-dealkylation sites (N-methyl/N-ethyl adjacent to an activating group) is 1. The molecule has 0 radical (unpaired) electrons. The molecule has 6 heteroatoms.